The van der Waals surface area contributed by atoms with Crippen LogP contribution in [0.25, 0.3) is 0 Å². The molecular formula is C27H39N7O2. The van der Waals surface area contributed by atoms with Crippen molar-refractivity contribution in [3.63, 3.8) is 0 Å². The molecule has 0 amide bonds. The molecule has 9 nitrogen and oxygen atoms in total. The van der Waals surface area contributed by atoms with Gasteiger partial charge >= 0.3 is 0 Å². The quantitative estimate of drug-likeness (QED) is 0.495. The number of hydrogen-bond donors (Lipinski definition) is 1. The molecule has 1 aromatic heterocycles. The van der Waals surface area contributed by atoms with E-state index < -0.39 is 0 Å². The van der Waals surface area contributed by atoms with Crippen molar-refractivity contribution in [2.75, 3.05) is 57.2 Å². The van der Waals surface area contributed by atoms with Gasteiger partial charge in [0.05, 0.1) is 25.0 Å². The minimum Gasteiger partial charge on any atom is -0.488 e. The van der Waals surface area contributed by atoms with Crippen LogP contribution < -0.4 is 15.0 Å². The van der Waals surface area contributed by atoms with Crippen molar-refractivity contribution in [2.45, 2.75) is 51.2 Å². The molecule has 4 rings (SSSR count). The fraction of sp³-hybridized carbons (Fsp3) is 0.556. The van der Waals surface area contributed by atoms with Gasteiger partial charge in [0.25, 0.3) is 0 Å². The van der Waals surface area contributed by atoms with E-state index in [4.69, 9.17) is 9.47 Å². The Balaban J connectivity index is 1.37. The second-order valence-electron chi connectivity index (χ2n) is 9.66. The molecule has 0 spiro atoms. The van der Waals surface area contributed by atoms with E-state index in [1.165, 1.54) is 0 Å². The lowest BCUT2D eigenvalue weighted by Crippen LogP contribution is -2.36. The number of ether oxygens (including phenoxy) is 2. The van der Waals surface area contributed by atoms with Crippen LogP contribution in [-0.2, 0) is 11.2 Å². The predicted molar refractivity (Wildman–Crippen MR) is 147 cm³/mol. The Bertz CT molecular complexity index is 1010. The summed E-state index contributed by atoms with van der Waals surface area (Å²) in [6, 6.07) is 4.49. The van der Waals surface area contributed by atoms with Crippen molar-refractivity contribution < 1.29 is 9.47 Å². The normalized spacial score (nSPS) is 20.6. The molecule has 0 atom stereocenters. The Labute approximate surface area is 214 Å². The number of likely N-dealkylation sites (N-methyl/N-ethyl adjacent to an activating group) is 1. The second kappa shape index (κ2) is 12.8. The van der Waals surface area contributed by atoms with Gasteiger partial charge in [-0.3, -0.25) is 9.98 Å². The van der Waals surface area contributed by atoms with E-state index in [9.17, 15) is 0 Å². The molecule has 36 heavy (non-hydrogen) atoms. The summed E-state index contributed by atoms with van der Waals surface area (Å²) in [5.74, 6) is 1.45. The maximum atomic E-state index is 6.53. The zero-order valence-corrected chi connectivity index (χ0v) is 21.8. The number of benzene rings is 1. The topological polar surface area (TPSA) is 87.5 Å². The number of morpholine rings is 1. The SMILES string of the molecule is C=Nc1c(/N=C\C)cc(N2CCOCC2)cc1O[C@H]1CC[C@@H](Nc2ncc(CCN(C)C)cn2)CC1. The van der Waals surface area contributed by atoms with Crippen molar-refractivity contribution in [1.29, 1.82) is 0 Å². The molecular weight excluding hydrogens is 454 g/mol. The zero-order valence-electron chi connectivity index (χ0n) is 21.8. The summed E-state index contributed by atoms with van der Waals surface area (Å²) in [5.41, 5.74) is 3.73. The van der Waals surface area contributed by atoms with E-state index in [2.05, 4.69) is 68.0 Å². The van der Waals surface area contributed by atoms with E-state index in [1.54, 1.807) is 6.21 Å². The lowest BCUT2D eigenvalue weighted by molar-refractivity contribution is 0.122. The van der Waals surface area contributed by atoms with Crippen LogP contribution in [0.4, 0.5) is 23.0 Å². The first-order valence-electron chi connectivity index (χ1n) is 12.9. The molecule has 1 aromatic carbocycles. The highest BCUT2D eigenvalue weighted by Gasteiger charge is 2.25. The first kappa shape index (κ1) is 26.0. The van der Waals surface area contributed by atoms with Crippen LogP contribution in [-0.4, -0.2) is 86.9 Å². The minimum atomic E-state index is 0.122. The third kappa shape index (κ3) is 7.01. The fourth-order valence-corrected chi connectivity index (χ4v) is 4.67. The van der Waals surface area contributed by atoms with Crippen LogP contribution in [0, 0.1) is 0 Å². The summed E-state index contributed by atoms with van der Waals surface area (Å²) in [4.78, 5) is 22.3. The Kier molecular flexibility index (Phi) is 9.24. The molecule has 2 fully saturated rings. The van der Waals surface area contributed by atoms with E-state index in [-0.39, 0.29) is 6.10 Å². The highest BCUT2D eigenvalue weighted by atomic mass is 16.5. The van der Waals surface area contributed by atoms with Crippen molar-refractivity contribution in [2.24, 2.45) is 9.98 Å². The minimum absolute atomic E-state index is 0.122. The first-order valence-corrected chi connectivity index (χ1v) is 12.9. The molecule has 0 bridgehead atoms. The van der Waals surface area contributed by atoms with Crippen LogP contribution >= 0.6 is 0 Å². The summed E-state index contributed by atoms with van der Waals surface area (Å²) in [5, 5.41) is 3.50. The summed E-state index contributed by atoms with van der Waals surface area (Å²) >= 11 is 0. The van der Waals surface area contributed by atoms with Crippen molar-refractivity contribution in [3.05, 3.63) is 30.1 Å². The largest absolute Gasteiger partial charge is 0.488 e. The maximum absolute atomic E-state index is 6.53. The highest BCUT2D eigenvalue weighted by Crippen LogP contribution is 2.43. The summed E-state index contributed by atoms with van der Waals surface area (Å²) in [7, 11) is 4.15. The van der Waals surface area contributed by atoms with E-state index in [0.29, 0.717) is 17.7 Å². The van der Waals surface area contributed by atoms with Gasteiger partial charge in [0.15, 0.2) is 0 Å². The number of aromatic nitrogens is 2. The van der Waals surface area contributed by atoms with Crippen LogP contribution in [0.2, 0.25) is 0 Å². The Morgan fingerprint density at radius 2 is 1.89 bits per heavy atom. The number of anilines is 2. The van der Waals surface area contributed by atoms with Crippen molar-refractivity contribution in [1.82, 2.24) is 14.9 Å². The number of nitrogens with zero attached hydrogens (tertiary/aromatic N) is 6. The van der Waals surface area contributed by atoms with Gasteiger partial charge in [0.2, 0.25) is 5.95 Å². The smallest absolute Gasteiger partial charge is 0.222 e. The van der Waals surface area contributed by atoms with Crippen molar-refractivity contribution in [3.8, 4) is 5.75 Å². The van der Waals surface area contributed by atoms with Gasteiger partial charge in [0, 0.05) is 56.0 Å². The molecule has 1 aliphatic carbocycles. The highest BCUT2D eigenvalue weighted by molar-refractivity contribution is 5.80. The van der Waals surface area contributed by atoms with Crippen LogP contribution in [0.3, 0.4) is 0 Å². The number of hydrogen-bond acceptors (Lipinski definition) is 9. The Morgan fingerprint density at radius 1 is 1.17 bits per heavy atom. The van der Waals surface area contributed by atoms with Gasteiger partial charge in [-0.1, -0.05) is 0 Å². The average Bonchev–Trinajstić information content (AvgIpc) is 2.90. The third-order valence-electron chi connectivity index (χ3n) is 6.70. The van der Waals surface area contributed by atoms with Gasteiger partial charge in [-0.2, -0.15) is 0 Å². The lowest BCUT2D eigenvalue weighted by atomic mass is 9.93. The molecule has 9 heteroatoms. The summed E-state index contributed by atoms with van der Waals surface area (Å²) < 4.78 is 12.1. The van der Waals surface area contributed by atoms with Gasteiger partial charge in [-0.15, -0.1) is 0 Å². The van der Waals surface area contributed by atoms with Crippen LogP contribution in [0.5, 0.6) is 5.75 Å². The van der Waals surface area contributed by atoms with Crippen molar-refractivity contribution >= 4 is 35.9 Å². The summed E-state index contributed by atoms with van der Waals surface area (Å²) in [6.07, 6.45) is 10.6. The molecule has 0 radical (unpaired) electrons. The molecule has 0 unspecified atom stereocenters. The second-order valence-corrected chi connectivity index (χ2v) is 9.66. The van der Waals surface area contributed by atoms with Gasteiger partial charge < -0.3 is 24.6 Å². The molecule has 2 aliphatic rings. The number of rotatable bonds is 10. The molecule has 2 aromatic rings. The van der Waals surface area contributed by atoms with E-state index in [1.807, 2.05) is 19.3 Å². The lowest BCUT2D eigenvalue weighted by Gasteiger charge is -2.32. The molecule has 2 heterocycles. The third-order valence-corrected chi connectivity index (χ3v) is 6.70. The first-order chi connectivity index (χ1) is 17.6. The molecule has 1 N–H and O–H groups in total. The van der Waals surface area contributed by atoms with Crippen LogP contribution in [0.1, 0.15) is 38.2 Å². The maximum Gasteiger partial charge on any atom is 0.222 e. The fourth-order valence-electron chi connectivity index (χ4n) is 4.67. The summed E-state index contributed by atoms with van der Waals surface area (Å²) in [6.45, 7) is 9.85. The average molecular weight is 494 g/mol. The Morgan fingerprint density at radius 3 is 2.53 bits per heavy atom. The molecule has 194 valence electrons. The Hall–Kier alpha value is -3.04. The van der Waals surface area contributed by atoms with Gasteiger partial charge in [-0.05, 0) is 71.5 Å². The standard InChI is InChI=1S/C27H39N7O2/c1-5-29-24-16-22(34-12-14-35-15-13-34)17-25(26(24)28-2)36-23-8-6-21(7-9-23)32-27-30-18-20(19-31-27)10-11-33(3)4/h5,16-19,21,23H,2,6-15H2,1,3-4H3,(H,30,31,32)/b29-5-/t21-,23+. The molecule has 1 saturated carbocycles. The van der Waals surface area contributed by atoms with Crippen LogP contribution in [0.15, 0.2) is 34.5 Å². The number of aliphatic imine (C=N–C) groups is 2. The van der Waals surface area contributed by atoms with Gasteiger partial charge in [0.1, 0.15) is 11.4 Å². The molecule has 1 aliphatic heterocycles. The predicted octanol–water partition coefficient (Wildman–Crippen LogP) is 4.27. The zero-order chi connectivity index (χ0) is 25.3. The van der Waals surface area contributed by atoms with Gasteiger partial charge in [-0.25, -0.2) is 9.97 Å². The van der Waals surface area contributed by atoms with E-state index >= 15 is 0 Å². The monoisotopic (exact) mass is 493 g/mol. The van der Waals surface area contributed by atoms with E-state index in [0.717, 1.165) is 87.6 Å². The number of nitrogens with one attached hydrogen (secondary N) is 1. The molecule has 1 saturated heterocycles.